The fourth-order valence-corrected chi connectivity index (χ4v) is 3.65. The van der Waals surface area contributed by atoms with Gasteiger partial charge in [-0.25, -0.2) is 0 Å². The van der Waals surface area contributed by atoms with Crippen LogP contribution in [-0.4, -0.2) is 16.1 Å². The molecular formula is C18H15N3OS. The highest BCUT2D eigenvalue weighted by Gasteiger charge is 2.32. The van der Waals surface area contributed by atoms with E-state index in [9.17, 15) is 4.79 Å². The number of para-hydroxylation sites is 1. The van der Waals surface area contributed by atoms with Crippen LogP contribution in [0.3, 0.4) is 0 Å². The minimum atomic E-state index is 0.0493. The predicted octanol–water partition coefficient (Wildman–Crippen LogP) is 0.790. The van der Waals surface area contributed by atoms with E-state index < -0.39 is 0 Å². The van der Waals surface area contributed by atoms with Gasteiger partial charge in [-0.1, -0.05) is 12.3 Å². The summed E-state index contributed by atoms with van der Waals surface area (Å²) in [4.78, 5) is 20.2. The van der Waals surface area contributed by atoms with E-state index in [2.05, 4.69) is 9.97 Å². The van der Waals surface area contributed by atoms with Crippen molar-refractivity contribution in [1.29, 1.82) is 0 Å². The van der Waals surface area contributed by atoms with Crippen LogP contribution < -0.4 is 10.3 Å². The highest BCUT2D eigenvalue weighted by molar-refractivity contribution is 7.81. The number of H-pyrrole nitrogens is 1. The van der Waals surface area contributed by atoms with Crippen molar-refractivity contribution in [2.24, 2.45) is 0 Å². The van der Waals surface area contributed by atoms with E-state index in [4.69, 9.17) is 0 Å². The third-order valence-corrected chi connectivity index (χ3v) is 4.96. The van der Waals surface area contributed by atoms with E-state index in [0.717, 1.165) is 39.0 Å². The highest BCUT2D eigenvalue weighted by atomic mass is 32.1. The molecule has 1 aliphatic rings. The third-order valence-electron chi connectivity index (χ3n) is 3.98. The second kappa shape index (κ2) is 5.53. The first-order valence-electron chi connectivity index (χ1n) is 7.34. The molecule has 0 atom stereocenters. The van der Waals surface area contributed by atoms with Gasteiger partial charge in [0.05, 0.1) is 12.2 Å². The van der Waals surface area contributed by atoms with Gasteiger partial charge in [-0.2, -0.15) is 0 Å². The lowest BCUT2D eigenvalue weighted by Gasteiger charge is -2.12. The van der Waals surface area contributed by atoms with Gasteiger partial charge in [0.2, 0.25) is 0 Å². The Bertz CT molecular complexity index is 901. The van der Waals surface area contributed by atoms with Crippen molar-refractivity contribution in [3.8, 4) is 0 Å². The summed E-state index contributed by atoms with van der Waals surface area (Å²) in [6, 6.07) is 10.6. The Balaban J connectivity index is 1.61. The maximum Gasteiger partial charge on any atom is 0.277 e. The molecule has 0 saturated heterocycles. The van der Waals surface area contributed by atoms with Crippen molar-refractivity contribution < 1.29 is 15.1 Å². The number of carbonyl (C=O) groups excluding carboxylic acids is 1. The number of ketones is 1. The van der Waals surface area contributed by atoms with Crippen LogP contribution in [0.1, 0.15) is 21.5 Å². The molecule has 23 heavy (non-hydrogen) atoms. The number of pyridine rings is 1. The van der Waals surface area contributed by atoms with Crippen LogP contribution in [-0.2, 0) is 11.4 Å². The molecule has 0 unspecified atom stereocenters. The smallest absolute Gasteiger partial charge is 0.277 e. The molecule has 0 radical (unpaired) electrons. The molecule has 1 aromatic carbocycles. The lowest BCUT2D eigenvalue weighted by molar-refractivity contribution is -0.580. The zero-order chi connectivity index (χ0) is 15.8. The van der Waals surface area contributed by atoms with E-state index in [-0.39, 0.29) is 5.78 Å². The minimum absolute atomic E-state index is 0.0493. The Morgan fingerprint density at radius 1 is 1.30 bits per heavy atom. The zero-order valence-corrected chi connectivity index (χ0v) is 13.4. The molecule has 0 spiro atoms. The molecule has 4 rings (SSSR count). The van der Waals surface area contributed by atoms with Gasteiger partial charge in [-0.3, -0.25) is 4.98 Å². The van der Waals surface area contributed by atoms with Gasteiger partial charge in [-0.15, -0.1) is 24.3 Å². The maximum absolute atomic E-state index is 12.8. The van der Waals surface area contributed by atoms with E-state index >= 15 is 0 Å². The highest BCUT2D eigenvalue weighted by Crippen LogP contribution is 2.21. The summed E-state index contributed by atoms with van der Waals surface area (Å²) < 4.78 is 0. The summed E-state index contributed by atoms with van der Waals surface area (Å²) in [6.07, 6.45) is 5.37. The standard InChI is InChI=1S/C18H15N3OS/c1-11-4-2-6-13-14(9-20-16(11)13)17(22)15-10-23-18(21-15)12-5-3-7-19-8-12/h2-10,20H,21H2,1H3. The second-order valence-electron chi connectivity index (χ2n) is 5.47. The van der Waals surface area contributed by atoms with Gasteiger partial charge in [0, 0.05) is 0 Å². The summed E-state index contributed by atoms with van der Waals surface area (Å²) >= 11 is 1.57. The summed E-state index contributed by atoms with van der Waals surface area (Å²) in [5.74, 6) is 0.0493. The van der Waals surface area contributed by atoms with E-state index in [1.807, 2.05) is 54.1 Å². The van der Waals surface area contributed by atoms with Crippen LogP contribution >= 0.6 is 0 Å². The van der Waals surface area contributed by atoms with Gasteiger partial charge >= 0.3 is 0 Å². The molecule has 0 saturated carbocycles. The van der Waals surface area contributed by atoms with Crippen LogP contribution in [0, 0.1) is 18.3 Å². The maximum atomic E-state index is 12.8. The lowest BCUT2D eigenvalue weighted by Crippen LogP contribution is -2.86. The first kappa shape index (κ1) is 14.0. The topological polar surface area (TPSA) is 60.7 Å². The molecule has 2 aromatic heterocycles. The molecule has 1 aliphatic heterocycles. The van der Waals surface area contributed by atoms with Crippen molar-refractivity contribution in [3.63, 3.8) is 0 Å². The van der Waals surface area contributed by atoms with Gasteiger partial charge in [-0.05, 0) is 35.2 Å². The largest absolute Gasteiger partial charge is 0.345 e. The monoisotopic (exact) mass is 321 g/mol. The van der Waals surface area contributed by atoms with Crippen LogP contribution in [0.15, 0.2) is 48.9 Å². The molecule has 3 aromatic rings. The van der Waals surface area contributed by atoms with Gasteiger partial charge in [0.1, 0.15) is 11.3 Å². The molecular weight excluding hydrogens is 306 g/mol. The number of aryl methyl sites for hydroxylation is 1. The molecule has 3 N–H and O–H groups in total. The Morgan fingerprint density at radius 3 is 3.04 bits per heavy atom. The molecule has 5 heteroatoms. The molecule has 3 heterocycles. The van der Waals surface area contributed by atoms with Crippen molar-refractivity contribution in [3.05, 3.63) is 77.0 Å². The summed E-state index contributed by atoms with van der Waals surface area (Å²) in [5, 5.41) is 5.89. The molecule has 114 valence electrons. The predicted molar refractivity (Wildman–Crippen MR) is 90.3 cm³/mol. The van der Waals surface area contributed by atoms with Crippen LogP contribution in [0.25, 0.3) is 10.9 Å². The van der Waals surface area contributed by atoms with Crippen molar-refractivity contribution in [2.75, 3.05) is 0 Å². The quantitative estimate of drug-likeness (QED) is 0.336. The zero-order valence-electron chi connectivity index (χ0n) is 12.5. The second-order valence-corrected chi connectivity index (χ2v) is 6.38. The number of hydrogen-bond donors (Lipinski definition) is 1. The van der Waals surface area contributed by atoms with Gasteiger partial charge in [0.15, 0.2) is 16.7 Å². The number of aromatic amines is 1. The molecule has 4 nitrogen and oxygen atoms in total. The number of quaternary nitrogens is 1. The first-order valence-corrected chi connectivity index (χ1v) is 8.22. The van der Waals surface area contributed by atoms with E-state index in [1.165, 1.54) is 0 Å². The SMILES string of the molecule is Cc1cccc2c(C(=O)[C-]3C=[S+][C-](c4cccnc4)[NH2+]3)c[nH+][c-]12. The van der Waals surface area contributed by atoms with Crippen molar-refractivity contribution in [2.45, 2.75) is 6.92 Å². The molecule has 0 fully saturated rings. The number of rotatable bonds is 3. The van der Waals surface area contributed by atoms with Gasteiger partial charge in [0.25, 0.3) is 5.37 Å². The van der Waals surface area contributed by atoms with Crippen LogP contribution in [0.5, 0.6) is 0 Å². The van der Waals surface area contributed by atoms with E-state index in [0.29, 0.717) is 0 Å². The number of carbonyl (C=O) groups is 1. The van der Waals surface area contributed by atoms with Crippen molar-refractivity contribution >= 4 is 33.4 Å². The Kier molecular flexibility index (Phi) is 3.37. The Labute approximate surface area is 137 Å². The van der Waals surface area contributed by atoms with Crippen molar-refractivity contribution in [1.82, 2.24) is 4.98 Å². The molecule has 0 bridgehead atoms. The Hall–Kier alpha value is -2.63. The van der Waals surface area contributed by atoms with Gasteiger partial charge < -0.3 is 15.1 Å². The minimum Gasteiger partial charge on any atom is -0.345 e. The third kappa shape index (κ3) is 2.40. The fourth-order valence-electron chi connectivity index (χ4n) is 2.76. The first-order chi connectivity index (χ1) is 11.2. The Morgan fingerprint density at radius 2 is 2.22 bits per heavy atom. The molecule has 0 aliphatic carbocycles. The van der Waals surface area contributed by atoms with Crippen LogP contribution in [0.2, 0.25) is 0 Å². The number of hydrogen-bond acceptors (Lipinski definition) is 2. The molecule has 0 amide bonds. The summed E-state index contributed by atoms with van der Waals surface area (Å²) in [6.45, 7) is 2.04. The van der Waals surface area contributed by atoms with Crippen LogP contribution in [0.4, 0.5) is 0 Å². The number of nitrogens with zero attached hydrogens (tertiary/aromatic N) is 1. The number of Topliss-reactive ketones (excluding diaryl/α,β-unsaturated/α-hetero) is 1. The average Bonchev–Trinajstić information content (AvgIpc) is 3.23. The number of nitrogens with one attached hydrogen (secondary N) is 1. The number of nitrogens with two attached hydrogens (primary N) is 1. The summed E-state index contributed by atoms with van der Waals surface area (Å²) in [5.41, 5.74) is 3.92. The van der Waals surface area contributed by atoms with E-state index in [1.54, 1.807) is 23.7 Å². The summed E-state index contributed by atoms with van der Waals surface area (Å²) in [7, 11) is 0. The number of benzene rings is 1. The number of fused-ring (bicyclic) bond motifs is 1. The average molecular weight is 321 g/mol. The lowest BCUT2D eigenvalue weighted by atomic mass is 10.0. The normalized spacial score (nSPS) is 14.0. The number of aromatic nitrogens is 2. The fraction of sp³-hybridized carbons (Fsp3) is 0.0556.